The second-order valence-corrected chi connectivity index (χ2v) is 6.68. The Hall–Kier alpha value is -2.55. The van der Waals surface area contributed by atoms with Crippen molar-refractivity contribution >= 4 is 23.4 Å². The standard InChI is InChI=1S/C18H15ClF4N2O3/c19-13-6-12(17(26)27)14(20)7-15(13)28-9-11-2-1-5-25(11)16-4-3-10(8-24-16)18(21,22)23/h3-4,6-8,11H,1-2,5,9H2,(H,26,27)/t11-/m1/s1. The summed E-state index contributed by atoms with van der Waals surface area (Å²) >= 11 is 5.96. The third-order valence-corrected chi connectivity index (χ3v) is 4.73. The van der Waals surface area contributed by atoms with Crippen LogP contribution in [-0.4, -0.2) is 35.3 Å². The third kappa shape index (κ3) is 4.30. The number of hydrogen-bond acceptors (Lipinski definition) is 4. The number of halogens is 5. The highest BCUT2D eigenvalue weighted by molar-refractivity contribution is 6.32. The molecule has 5 nitrogen and oxygen atoms in total. The van der Waals surface area contributed by atoms with Crippen molar-refractivity contribution in [3.05, 3.63) is 52.4 Å². The first-order chi connectivity index (χ1) is 13.2. The lowest BCUT2D eigenvalue weighted by Gasteiger charge is -2.26. The summed E-state index contributed by atoms with van der Waals surface area (Å²) in [5.41, 5.74) is -1.39. The maximum absolute atomic E-state index is 13.8. The second kappa shape index (κ2) is 7.83. The molecule has 10 heteroatoms. The minimum Gasteiger partial charge on any atom is -0.490 e. The van der Waals surface area contributed by atoms with Gasteiger partial charge in [0.2, 0.25) is 0 Å². The maximum Gasteiger partial charge on any atom is 0.417 e. The van der Waals surface area contributed by atoms with Gasteiger partial charge in [-0.25, -0.2) is 14.2 Å². The Labute approximate surface area is 162 Å². The maximum atomic E-state index is 13.8. The first-order valence-electron chi connectivity index (χ1n) is 8.32. The zero-order valence-corrected chi connectivity index (χ0v) is 15.1. The summed E-state index contributed by atoms with van der Waals surface area (Å²) in [5, 5.41) is 8.85. The molecule has 28 heavy (non-hydrogen) atoms. The monoisotopic (exact) mass is 418 g/mol. The number of anilines is 1. The highest BCUT2D eigenvalue weighted by Gasteiger charge is 2.32. The number of aromatic nitrogens is 1. The molecule has 0 amide bonds. The number of hydrogen-bond donors (Lipinski definition) is 1. The summed E-state index contributed by atoms with van der Waals surface area (Å²) in [4.78, 5) is 16.6. The Bertz CT molecular complexity index is 874. The molecule has 1 saturated heterocycles. The van der Waals surface area contributed by atoms with Gasteiger partial charge in [-0.15, -0.1) is 0 Å². The fourth-order valence-corrected chi connectivity index (χ4v) is 3.24. The lowest BCUT2D eigenvalue weighted by Crippen LogP contribution is -2.34. The van der Waals surface area contributed by atoms with Crippen molar-refractivity contribution < 1.29 is 32.2 Å². The van der Waals surface area contributed by atoms with Crippen LogP contribution in [0.3, 0.4) is 0 Å². The molecule has 3 rings (SSSR count). The van der Waals surface area contributed by atoms with Crippen molar-refractivity contribution in [1.29, 1.82) is 0 Å². The number of benzene rings is 1. The molecule has 2 heterocycles. The zero-order chi connectivity index (χ0) is 20.5. The van der Waals surface area contributed by atoms with Gasteiger partial charge in [0.05, 0.1) is 22.2 Å². The van der Waals surface area contributed by atoms with E-state index < -0.39 is 29.1 Å². The Morgan fingerprint density at radius 1 is 1.36 bits per heavy atom. The largest absolute Gasteiger partial charge is 0.490 e. The van der Waals surface area contributed by atoms with E-state index in [9.17, 15) is 22.4 Å². The zero-order valence-electron chi connectivity index (χ0n) is 14.3. The van der Waals surface area contributed by atoms with Crippen LogP contribution < -0.4 is 9.64 Å². The number of pyridine rings is 1. The van der Waals surface area contributed by atoms with E-state index in [1.165, 1.54) is 6.07 Å². The molecule has 1 aromatic heterocycles. The molecule has 0 bridgehead atoms. The molecule has 0 aliphatic carbocycles. The second-order valence-electron chi connectivity index (χ2n) is 6.27. The summed E-state index contributed by atoms with van der Waals surface area (Å²) < 4.78 is 57.4. The number of carbonyl (C=O) groups is 1. The Kier molecular flexibility index (Phi) is 5.64. The highest BCUT2D eigenvalue weighted by Crippen LogP contribution is 2.32. The molecule has 0 radical (unpaired) electrons. The minimum atomic E-state index is -4.46. The van der Waals surface area contributed by atoms with Gasteiger partial charge in [0.15, 0.2) is 0 Å². The van der Waals surface area contributed by atoms with Crippen LogP contribution in [0.1, 0.15) is 28.8 Å². The highest BCUT2D eigenvalue weighted by atomic mass is 35.5. The molecule has 0 unspecified atom stereocenters. The van der Waals surface area contributed by atoms with Crippen molar-refractivity contribution in [3.63, 3.8) is 0 Å². The van der Waals surface area contributed by atoms with Gasteiger partial charge in [0.1, 0.15) is 24.0 Å². The van der Waals surface area contributed by atoms with Gasteiger partial charge in [-0.1, -0.05) is 11.6 Å². The fourth-order valence-electron chi connectivity index (χ4n) is 3.02. The van der Waals surface area contributed by atoms with E-state index in [0.717, 1.165) is 30.8 Å². The summed E-state index contributed by atoms with van der Waals surface area (Å²) in [7, 11) is 0. The van der Waals surface area contributed by atoms with E-state index in [-0.39, 0.29) is 23.4 Å². The molecule has 1 aliphatic heterocycles. The summed E-state index contributed by atoms with van der Waals surface area (Å²) in [6.45, 7) is 0.681. The smallest absolute Gasteiger partial charge is 0.417 e. The Morgan fingerprint density at radius 3 is 2.71 bits per heavy atom. The Morgan fingerprint density at radius 2 is 2.11 bits per heavy atom. The average Bonchev–Trinajstić information content (AvgIpc) is 3.09. The van der Waals surface area contributed by atoms with E-state index in [2.05, 4.69) is 4.98 Å². The van der Waals surface area contributed by atoms with Gasteiger partial charge < -0.3 is 14.7 Å². The van der Waals surface area contributed by atoms with Crippen LogP contribution in [0.15, 0.2) is 30.5 Å². The predicted molar refractivity (Wildman–Crippen MR) is 93.5 cm³/mol. The number of carboxylic acid groups (broad SMARTS) is 1. The topological polar surface area (TPSA) is 62.7 Å². The van der Waals surface area contributed by atoms with Gasteiger partial charge in [-0.3, -0.25) is 0 Å². The van der Waals surface area contributed by atoms with Crippen LogP contribution in [0.4, 0.5) is 23.4 Å². The van der Waals surface area contributed by atoms with Crippen molar-refractivity contribution in [2.24, 2.45) is 0 Å². The molecule has 1 aliphatic rings. The molecule has 1 atom stereocenters. The van der Waals surface area contributed by atoms with Crippen molar-refractivity contribution in [1.82, 2.24) is 4.98 Å². The van der Waals surface area contributed by atoms with Gasteiger partial charge in [-0.05, 0) is 31.0 Å². The number of rotatable bonds is 5. The molecular weight excluding hydrogens is 404 g/mol. The van der Waals surface area contributed by atoms with Crippen LogP contribution in [-0.2, 0) is 6.18 Å². The molecule has 0 spiro atoms. The van der Waals surface area contributed by atoms with E-state index >= 15 is 0 Å². The third-order valence-electron chi connectivity index (χ3n) is 4.43. The van der Waals surface area contributed by atoms with Crippen LogP contribution >= 0.6 is 11.6 Å². The van der Waals surface area contributed by atoms with Crippen molar-refractivity contribution in [2.45, 2.75) is 25.1 Å². The van der Waals surface area contributed by atoms with Gasteiger partial charge in [0.25, 0.3) is 0 Å². The number of ether oxygens (including phenoxy) is 1. The molecule has 1 fully saturated rings. The minimum absolute atomic E-state index is 0.00334. The molecule has 1 N–H and O–H groups in total. The number of alkyl halides is 3. The van der Waals surface area contributed by atoms with E-state index in [0.29, 0.717) is 18.8 Å². The molecule has 1 aromatic carbocycles. The van der Waals surface area contributed by atoms with E-state index in [4.69, 9.17) is 21.4 Å². The number of nitrogens with zero attached hydrogens (tertiary/aromatic N) is 2. The SMILES string of the molecule is O=C(O)c1cc(Cl)c(OC[C@H]2CCCN2c2ccc(C(F)(F)F)cn2)cc1F. The lowest BCUT2D eigenvalue weighted by atomic mass is 10.2. The number of aromatic carboxylic acids is 1. The fraction of sp³-hybridized carbons (Fsp3) is 0.333. The van der Waals surface area contributed by atoms with Crippen LogP contribution in [0.5, 0.6) is 5.75 Å². The van der Waals surface area contributed by atoms with Crippen LogP contribution in [0.25, 0.3) is 0 Å². The lowest BCUT2D eigenvalue weighted by molar-refractivity contribution is -0.137. The van der Waals surface area contributed by atoms with E-state index in [1.807, 2.05) is 4.90 Å². The number of carboxylic acids is 1. The van der Waals surface area contributed by atoms with Gasteiger partial charge in [0, 0.05) is 18.8 Å². The molecule has 150 valence electrons. The Balaban J connectivity index is 1.71. The van der Waals surface area contributed by atoms with E-state index in [1.54, 1.807) is 0 Å². The summed E-state index contributed by atoms with van der Waals surface area (Å²) in [5.74, 6) is -2.03. The van der Waals surface area contributed by atoms with Crippen LogP contribution in [0, 0.1) is 5.82 Å². The predicted octanol–water partition coefficient (Wildman–Crippen LogP) is 4.64. The van der Waals surface area contributed by atoms with Crippen molar-refractivity contribution in [3.8, 4) is 5.75 Å². The first kappa shape index (κ1) is 20.2. The quantitative estimate of drug-likeness (QED) is 0.717. The first-order valence-corrected chi connectivity index (χ1v) is 8.69. The molecule has 2 aromatic rings. The summed E-state index contributed by atoms with van der Waals surface area (Å²) in [6, 6.07) is 3.95. The van der Waals surface area contributed by atoms with Crippen LogP contribution in [0.2, 0.25) is 5.02 Å². The summed E-state index contributed by atoms with van der Waals surface area (Å²) in [6.07, 6.45) is -2.18. The molecule has 0 saturated carbocycles. The van der Waals surface area contributed by atoms with Gasteiger partial charge >= 0.3 is 12.1 Å². The molecular formula is C18H15ClF4N2O3. The van der Waals surface area contributed by atoms with Crippen molar-refractivity contribution in [2.75, 3.05) is 18.1 Å². The van der Waals surface area contributed by atoms with Gasteiger partial charge in [-0.2, -0.15) is 13.2 Å². The normalized spacial score (nSPS) is 17.0. The average molecular weight is 419 g/mol.